The number of benzene rings is 1. The van der Waals surface area contributed by atoms with E-state index in [1.54, 1.807) is 19.2 Å². The molecule has 0 heterocycles. The molecular weight excluding hydrogens is 341 g/mol. The van der Waals surface area contributed by atoms with Crippen molar-refractivity contribution in [3.05, 3.63) is 35.6 Å². The summed E-state index contributed by atoms with van der Waals surface area (Å²) in [6, 6.07) is 7.20. The van der Waals surface area contributed by atoms with Gasteiger partial charge in [-0.3, -0.25) is 4.99 Å². The topological polar surface area (TPSA) is 42.9 Å². The minimum Gasteiger partial charge on any atom is -0.354 e. The van der Waals surface area contributed by atoms with Crippen LogP contribution in [0.15, 0.2) is 29.3 Å². The van der Waals surface area contributed by atoms with E-state index in [0.717, 1.165) is 44.0 Å². The van der Waals surface area contributed by atoms with E-state index in [9.17, 15) is 4.39 Å². The van der Waals surface area contributed by atoms with Crippen LogP contribution in [0, 0.1) is 5.82 Å². The predicted molar refractivity (Wildman–Crippen MR) is 114 cm³/mol. The Bertz CT molecular complexity index is 557. The van der Waals surface area contributed by atoms with E-state index in [2.05, 4.69) is 46.2 Å². The molecule has 6 heteroatoms. The van der Waals surface area contributed by atoms with Gasteiger partial charge < -0.3 is 20.4 Å². The standard InChI is InChI=1S/C21H38FN5/c1-7-27(8-2)14-10-11-17(3)25-21(23-4)24-16-20(26(5)6)18-12-9-13-19(22)15-18/h9,12-13,15,17,20H,7-8,10-11,14,16H2,1-6H3,(H2,23,24,25). The van der Waals surface area contributed by atoms with Crippen LogP contribution in [0.3, 0.4) is 0 Å². The molecule has 2 N–H and O–H groups in total. The highest BCUT2D eigenvalue weighted by Gasteiger charge is 2.16. The van der Waals surface area contributed by atoms with E-state index in [1.165, 1.54) is 6.07 Å². The van der Waals surface area contributed by atoms with Crippen LogP contribution < -0.4 is 10.6 Å². The van der Waals surface area contributed by atoms with Gasteiger partial charge in [-0.1, -0.05) is 26.0 Å². The normalized spacial score (nSPS) is 14.5. The molecule has 0 saturated heterocycles. The van der Waals surface area contributed by atoms with Gasteiger partial charge in [-0.2, -0.15) is 0 Å². The van der Waals surface area contributed by atoms with Gasteiger partial charge in [0.25, 0.3) is 0 Å². The number of hydrogen-bond acceptors (Lipinski definition) is 3. The average Bonchev–Trinajstić information content (AvgIpc) is 2.64. The molecule has 0 radical (unpaired) electrons. The molecule has 1 rings (SSSR count). The van der Waals surface area contributed by atoms with Crippen LogP contribution in [0.5, 0.6) is 0 Å². The van der Waals surface area contributed by atoms with Crippen LogP contribution in [0.25, 0.3) is 0 Å². The Morgan fingerprint density at radius 3 is 2.48 bits per heavy atom. The number of rotatable bonds is 11. The summed E-state index contributed by atoms with van der Waals surface area (Å²) in [6.45, 7) is 10.6. The van der Waals surface area contributed by atoms with Crippen molar-refractivity contribution in [2.75, 3.05) is 47.3 Å². The molecule has 2 atom stereocenters. The third kappa shape index (κ3) is 8.71. The number of likely N-dealkylation sites (N-methyl/N-ethyl adjacent to an activating group) is 1. The van der Waals surface area contributed by atoms with Crippen LogP contribution in [0.2, 0.25) is 0 Å². The summed E-state index contributed by atoms with van der Waals surface area (Å²) in [5.74, 6) is 0.581. The maximum absolute atomic E-state index is 13.6. The number of nitrogens with zero attached hydrogens (tertiary/aromatic N) is 3. The molecule has 0 aliphatic heterocycles. The van der Waals surface area contributed by atoms with Gasteiger partial charge in [-0.15, -0.1) is 0 Å². The third-order valence-electron chi connectivity index (χ3n) is 4.93. The highest BCUT2D eigenvalue weighted by atomic mass is 19.1. The first-order valence-corrected chi connectivity index (χ1v) is 10.0. The summed E-state index contributed by atoms with van der Waals surface area (Å²) in [5, 5.41) is 6.85. The predicted octanol–water partition coefficient (Wildman–Crippen LogP) is 3.10. The maximum Gasteiger partial charge on any atom is 0.191 e. The summed E-state index contributed by atoms with van der Waals surface area (Å²) in [4.78, 5) is 8.87. The monoisotopic (exact) mass is 379 g/mol. The van der Waals surface area contributed by atoms with E-state index >= 15 is 0 Å². The lowest BCUT2D eigenvalue weighted by atomic mass is 10.1. The Balaban J connectivity index is 2.52. The molecule has 0 amide bonds. The average molecular weight is 380 g/mol. The molecule has 27 heavy (non-hydrogen) atoms. The smallest absolute Gasteiger partial charge is 0.191 e. The second-order valence-corrected chi connectivity index (χ2v) is 7.20. The Hall–Kier alpha value is -1.66. The van der Waals surface area contributed by atoms with Crippen LogP contribution in [-0.2, 0) is 0 Å². The molecule has 0 aliphatic rings. The van der Waals surface area contributed by atoms with Crippen molar-refractivity contribution < 1.29 is 4.39 Å². The summed E-state index contributed by atoms with van der Waals surface area (Å²) in [7, 11) is 5.79. The van der Waals surface area contributed by atoms with E-state index in [4.69, 9.17) is 0 Å². The fraction of sp³-hybridized carbons (Fsp3) is 0.667. The molecule has 154 valence electrons. The first-order valence-electron chi connectivity index (χ1n) is 10.0. The lowest BCUT2D eigenvalue weighted by Gasteiger charge is -2.27. The Morgan fingerprint density at radius 2 is 1.93 bits per heavy atom. The zero-order chi connectivity index (χ0) is 20.2. The number of halogens is 1. The van der Waals surface area contributed by atoms with Crippen molar-refractivity contribution in [1.29, 1.82) is 0 Å². The number of hydrogen-bond donors (Lipinski definition) is 2. The molecule has 5 nitrogen and oxygen atoms in total. The third-order valence-corrected chi connectivity index (χ3v) is 4.93. The summed E-state index contributed by atoms with van der Waals surface area (Å²) >= 11 is 0. The van der Waals surface area contributed by atoms with Gasteiger partial charge in [0, 0.05) is 19.6 Å². The van der Waals surface area contributed by atoms with Crippen molar-refractivity contribution in [3.63, 3.8) is 0 Å². The van der Waals surface area contributed by atoms with Crippen LogP contribution in [0.4, 0.5) is 4.39 Å². The lowest BCUT2D eigenvalue weighted by Crippen LogP contribution is -2.45. The summed E-state index contributed by atoms with van der Waals surface area (Å²) < 4.78 is 13.6. The molecule has 1 aromatic carbocycles. The van der Waals surface area contributed by atoms with Crippen LogP contribution in [-0.4, -0.2) is 69.1 Å². The number of nitrogens with one attached hydrogen (secondary N) is 2. The number of aliphatic imine (C=N–C) groups is 1. The Morgan fingerprint density at radius 1 is 1.22 bits per heavy atom. The quantitative estimate of drug-likeness (QED) is 0.458. The highest BCUT2D eigenvalue weighted by Crippen LogP contribution is 2.18. The number of guanidine groups is 1. The van der Waals surface area contributed by atoms with Crippen LogP contribution >= 0.6 is 0 Å². The van der Waals surface area contributed by atoms with Gasteiger partial charge in [-0.25, -0.2) is 4.39 Å². The van der Waals surface area contributed by atoms with Crippen molar-refractivity contribution in [1.82, 2.24) is 20.4 Å². The zero-order valence-corrected chi connectivity index (χ0v) is 17.9. The van der Waals surface area contributed by atoms with Crippen LogP contribution in [0.1, 0.15) is 45.2 Å². The maximum atomic E-state index is 13.6. The molecule has 1 aromatic rings. The Kier molecular flexibility index (Phi) is 11.0. The first kappa shape index (κ1) is 23.4. The van der Waals surface area contributed by atoms with Crippen molar-refractivity contribution in [3.8, 4) is 0 Å². The highest BCUT2D eigenvalue weighted by molar-refractivity contribution is 5.79. The SMILES string of the molecule is CCN(CC)CCCC(C)NC(=NC)NCC(c1cccc(F)c1)N(C)C. The van der Waals surface area contributed by atoms with Crippen molar-refractivity contribution in [2.45, 2.75) is 45.7 Å². The molecule has 0 fully saturated rings. The van der Waals surface area contributed by atoms with Crippen molar-refractivity contribution >= 4 is 5.96 Å². The van der Waals surface area contributed by atoms with E-state index in [1.807, 2.05) is 20.2 Å². The first-order chi connectivity index (χ1) is 12.9. The minimum atomic E-state index is -0.205. The van der Waals surface area contributed by atoms with Gasteiger partial charge in [0.2, 0.25) is 0 Å². The second-order valence-electron chi connectivity index (χ2n) is 7.20. The molecule has 0 spiro atoms. The van der Waals surface area contributed by atoms with E-state index in [-0.39, 0.29) is 11.9 Å². The fourth-order valence-corrected chi connectivity index (χ4v) is 3.17. The summed E-state index contributed by atoms with van der Waals surface area (Å²) in [5.41, 5.74) is 0.954. The second kappa shape index (κ2) is 12.7. The van der Waals surface area contributed by atoms with E-state index in [0.29, 0.717) is 12.6 Å². The lowest BCUT2D eigenvalue weighted by molar-refractivity contribution is 0.291. The van der Waals surface area contributed by atoms with Gasteiger partial charge in [0.15, 0.2) is 5.96 Å². The molecule has 0 saturated carbocycles. The molecule has 2 unspecified atom stereocenters. The minimum absolute atomic E-state index is 0.0669. The molecule has 0 aliphatic carbocycles. The van der Waals surface area contributed by atoms with Gasteiger partial charge >= 0.3 is 0 Å². The fourth-order valence-electron chi connectivity index (χ4n) is 3.17. The van der Waals surface area contributed by atoms with Gasteiger partial charge in [0.1, 0.15) is 5.82 Å². The van der Waals surface area contributed by atoms with Gasteiger partial charge in [-0.05, 0) is 71.2 Å². The van der Waals surface area contributed by atoms with Crippen molar-refractivity contribution in [2.24, 2.45) is 4.99 Å². The Labute approximate surface area is 165 Å². The molecular formula is C21H38FN5. The molecule has 0 aromatic heterocycles. The largest absolute Gasteiger partial charge is 0.354 e. The zero-order valence-electron chi connectivity index (χ0n) is 17.9. The molecule has 0 bridgehead atoms. The van der Waals surface area contributed by atoms with E-state index < -0.39 is 0 Å². The summed E-state index contributed by atoms with van der Waals surface area (Å²) in [6.07, 6.45) is 2.26. The van der Waals surface area contributed by atoms with Gasteiger partial charge in [0.05, 0.1) is 6.04 Å².